The standard InChI is InChI=1S/C14H20N2O2/c1-9-3-4-12(13(17)7-9)14(18)16-11-5-6-15-10(2)8-11/h3-4,7,10-11,15,17H,5-6,8H2,1-2H3,(H,16,18). The zero-order valence-corrected chi connectivity index (χ0v) is 10.9. The number of aromatic hydroxyl groups is 1. The molecular weight excluding hydrogens is 228 g/mol. The minimum atomic E-state index is -0.188. The van der Waals surface area contributed by atoms with E-state index in [4.69, 9.17) is 0 Å². The van der Waals surface area contributed by atoms with E-state index in [-0.39, 0.29) is 17.7 Å². The van der Waals surface area contributed by atoms with Gasteiger partial charge in [-0.25, -0.2) is 0 Å². The molecule has 1 aliphatic rings. The van der Waals surface area contributed by atoms with Crippen LogP contribution in [0.25, 0.3) is 0 Å². The summed E-state index contributed by atoms with van der Waals surface area (Å²) in [5, 5.41) is 16.1. The quantitative estimate of drug-likeness (QED) is 0.744. The highest BCUT2D eigenvalue weighted by Gasteiger charge is 2.21. The molecule has 4 heteroatoms. The van der Waals surface area contributed by atoms with Crippen molar-refractivity contribution in [2.75, 3.05) is 6.54 Å². The highest BCUT2D eigenvalue weighted by molar-refractivity contribution is 5.97. The third kappa shape index (κ3) is 3.01. The minimum absolute atomic E-state index is 0.0504. The van der Waals surface area contributed by atoms with E-state index < -0.39 is 0 Å². The summed E-state index contributed by atoms with van der Waals surface area (Å²) in [4.78, 5) is 12.1. The lowest BCUT2D eigenvalue weighted by Crippen LogP contribution is -2.46. The highest BCUT2D eigenvalue weighted by atomic mass is 16.3. The van der Waals surface area contributed by atoms with Gasteiger partial charge in [0.15, 0.2) is 0 Å². The van der Waals surface area contributed by atoms with Crippen molar-refractivity contribution in [2.24, 2.45) is 0 Å². The second-order valence-electron chi connectivity index (χ2n) is 5.07. The van der Waals surface area contributed by atoms with Crippen LogP contribution in [0.1, 0.15) is 35.7 Å². The lowest BCUT2D eigenvalue weighted by Gasteiger charge is -2.28. The van der Waals surface area contributed by atoms with Crippen LogP contribution in [0.2, 0.25) is 0 Å². The van der Waals surface area contributed by atoms with Crippen molar-refractivity contribution in [1.29, 1.82) is 0 Å². The Morgan fingerprint density at radius 3 is 2.94 bits per heavy atom. The maximum absolute atomic E-state index is 12.1. The molecule has 1 aromatic rings. The average Bonchev–Trinajstić information content (AvgIpc) is 2.28. The summed E-state index contributed by atoms with van der Waals surface area (Å²) in [6.45, 7) is 4.92. The zero-order valence-electron chi connectivity index (χ0n) is 10.9. The number of nitrogens with one attached hydrogen (secondary N) is 2. The number of aryl methyl sites for hydroxylation is 1. The number of benzene rings is 1. The summed E-state index contributed by atoms with van der Waals surface area (Å²) >= 11 is 0. The predicted molar refractivity (Wildman–Crippen MR) is 70.8 cm³/mol. The monoisotopic (exact) mass is 248 g/mol. The molecule has 1 aliphatic heterocycles. The molecule has 0 saturated carbocycles. The van der Waals surface area contributed by atoms with Crippen molar-refractivity contribution in [3.63, 3.8) is 0 Å². The Labute approximate surface area is 107 Å². The molecule has 1 fully saturated rings. The Hall–Kier alpha value is -1.55. The van der Waals surface area contributed by atoms with Crippen LogP contribution in [0.5, 0.6) is 5.75 Å². The molecule has 0 bridgehead atoms. The Balaban J connectivity index is 2.03. The molecule has 2 unspecified atom stereocenters. The van der Waals surface area contributed by atoms with E-state index in [1.165, 1.54) is 0 Å². The van der Waals surface area contributed by atoms with Crippen LogP contribution in [0.4, 0.5) is 0 Å². The van der Waals surface area contributed by atoms with Crippen molar-refractivity contribution in [3.8, 4) is 5.75 Å². The smallest absolute Gasteiger partial charge is 0.255 e. The summed E-state index contributed by atoms with van der Waals surface area (Å²) < 4.78 is 0. The first kappa shape index (κ1) is 12.9. The average molecular weight is 248 g/mol. The first-order valence-electron chi connectivity index (χ1n) is 6.40. The molecule has 0 aliphatic carbocycles. The van der Waals surface area contributed by atoms with Gasteiger partial charge in [0.25, 0.3) is 5.91 Å². The molecule has 1 heterocycles. The number of amides is 1. The van der Waals surface area contributed by atoms with Gasteiger partial charge in [0, 0.05) is 12.1 Å². The van der Waals surface area contributed by atoms with Gasteiger partial charge in [-0.2, -0.15) is 0 Å². The lowest BCUT2D eigenvalue weighted by molar-refractivity contribution is 0.0923. The third-order valence-corrected chi connectivity index (χ3v) is 3.36. The number of rotatable bonds is 2. The Bertz CT molecular complexity index is 445. The molecule has 0 aromatic heterocycles. The first-order valence-corrected chi connectivity index (χ1v) is 6.40. The van der Waals surface area contributed by atoms with Crippen LogP contribution < -0.4 is 10.6 Å². The number of phenols is 1. The number of carbonyl (C=O) groups excluding carboxylic acids is 1. The summed E-state index contributed by atoms with van der Waals surface area (Å²) in [6, 6.07) is 5.73. The van der Waals surface area contributed by atoms with Crippen LogP contribution in [0.15, 0.2) is 18.2 Å². The fourth-order valence-corrected chi connectivity index (χ4v) is 2.36. The largest absolute Gasteiger partial charge is 0.507 e. The number of phenolic OH excluding ortho intramolecular Hbond substituents is 1. The molecule has 3 N–H and O–H groups in total. The molecule has 1 aromatic carbocycles. The van der Waals surface area contributed by atoms with Crippen molar-refractivity contribution >= 4 is 5.91 Å². The number of piperidine rings is 1. The summed E-state index contributed by atoms with van der Waals surface area (Å²) in [5.41, 5.74) is 1.30. The van der Waals surface area contributed by atoms with Crippen molar-refractivity contribution in [3.05, 3.63) is 29.3 Å². The molecule has 18 heavy (non-hydrogen) atoms. The molecule has 1 amide bonds. The SMILES string of the molecule is Cc1ccc(C(=O)NC2CCNC(C)C2)c(O)c1. The predicted octanol–water partition coefficient (Wildman–Crippen LogP) is 1.57. The fourth-order valence-electron chi connectivity index (χ4n) is 2.36. The van der Waals surface area contributed by atoms with Gasteiger partial charge in [-0.15, -0.1) is 0 Å². The van der Waals surface area contributed by atoms with Crippen LogP contribution in [-0.2, 0) is 0 Å². The summed E-state index contributed by atoms with van der Waals surface area (Å²) in [5.74, 6) is -0.138. The normalized spacial score (nSPS) is 23.7. The van der Waals surface area contributed by atoms with Crippen molar-refractivity contribution < 1.29 is 9.90 Å². The Kier molecular flexibility index (Phi) is 3.87. The molecule has 1 saturated heterocycles. The molecule has 98 valence electrons. The molecular formula is C14H20N2O2. The number of hydrogen-bond donors (Lipinski definition) is 3. The van der Waals surface area contributed by atoms with Crippen LogP contribution in [-0.4, -0.2) is 29.6 Å². The topological polar surface area (TPSA) is 61.4 Å². The van der Waals surface area contributed by atoms with E-state index in [1.807, 2.05) is 13.0 Å². The van der Waals surface area contributed by atoms with E-state index in [2.05, 4.69) is 17.6 Å². The minimum Gasteiger partial charge on any atom is -0.507 e. The maximum Gasteiger partial charge on any atom is 0.255 e. The van der Waals surface area contributed by atoms with Crippen LogP contribution >= 0.6 is 0 Å². The van der Waals surface area contributed by atoms with Gasteiger partial charge < -0.3 is 15.7 Å². The first-order chi connectivity index (χ1) is 8.56. The van der Waals surface area contributed by atoms with Gasteiger partial charge in [-0.05, 0) is 50.9 Å². The van der Waals surface area contributed by atoms with Gasteiger partial charge in [-0.3, -0.25) is 4.79 Å². The fraction of sp³-hybridized carbons (Fsp3) is 0.500. The summed E-state index contributed by atoms with van der Waals surface area (Å²) in [6.07, 6.45) is 1.86. The highest BCUT2D eigenvalue weighted by Crippen LogP contribution is 2.19. The molecule has 2 rings (SSSR count). The van der Waals surface area contributed by atoms with Crippen molar-refractivity contribution in [2.45, 2.75) is 38.8 Å². The number of carbonyl (C=O) groups is 1. The van der Waals surface area contributed by atoms with E-state index in [0.717, 1.165) is 24.9 Å². The van der Waals surface area contributed by atoms with Gasteiger partial charge in [-0.1, -0.05) is 6.07 Å². The molecule has 0 radical (unpaired) electrons. The second-order valence-corrected chi connectivity index (χ2v) is 5.07. The van der Waals surface area contributed by atoms with Crippen LogP contribution in [0.3, 0.4) is 0 Å². The maximum atomic E-state index is 12.1. The zero-order chi connectivity index (χ0) is 13.1. The van der Waals surface area contributed by atoms with Crippen molar-refractivity contribution in [1.82, 2.24) is 10.6 Å². The third-order valence-electron chi connectivity index (χ3n) is 3.36. The Morgan fingerprint density at radius 1 is 1.50 bits per heavy atom. The van der Waals surface area contributed by atoms with E-state index in [1.54, 1.807) is 12.1 Å². The number of hydrogen-bond acceptors (Lipinski definition) is 3. The molecule has 0 spiro atoms. The van der Waals surface area contributed by atoms with Crippen LogP contribution in [0, 0.1) is 6.92 Å². The van der Waals surface area contributed by atoms with Gasteiger partial charge in [0.05, 0.1) is 5.56 Å². The molecule has 4 nitrogen and oxygen atoms in total. The van der Waals surface area contributed by atoms with E-state index in [0.29, 0.717) is 11.6 Å². The van der Waals surface area contributed by atoms with Gasteiger partial charge >= 0.3 is 0 Å². The lowest BCUT2D eigenvalue weighted by atomic mass is 10.00. The second kappa shape index (κ2) is 5.40. The molecule has 2 atom stereocenters. The van der Waals surface area contributed by atoms with E-state index >= 15 is 0 Å². The van der Waals surface area contributed by atoms with E-state index in [9.17, 15) is 9.90 Å². The summed E-state index contributed by atoms with van der Waals surface area (Å²) in [7, 11) is 0. The van der Waals surface area contributed by atoms with Gasteiger partial charge in [0.1, 0.15) is 5.75 Å². The van der Waals surface area contributed by atoms with Gasteiger partial charge in [0.2, 0.25) is 0 Å². The Morgan fingerprint density at radius 2 is 2.28 bits per heavy atom.